The van der Waals surface area contributed by atoms with Crippen molar-refractivity contribution < 1.29 is 34.8 Å². The number of benzene rings is 5. The van der Waals surface area contributed by atoms with Crippen LogP contribution in [-0.2, 0) is 35.6 Å². The van der Waals surface area contributed by atoms with Crippen molar-refractivity contribution in [3.63, 3.8) is 0 Å². The Bertz CT molecular complexity index is 3070. The summed E-state index contributed by atoms with van der Waals surface area (Å²) >= 11 is 0. The Kier molecular flexibility index (Phi) is 15.9. The van der Waals surface area contributed by atoms with Crippen LogP contribution in [-0.4, -0.2) is 84.4 Å². The third-order valence-electron chi connectivity index (χ3n) is 11.6. The number of nitriles is 3. The second-order valence-electron chi connectivity index (χ2n) is 16.6. The molecule has 0 radical (unpaired) electrons. The van der Waals surface area contributed by atoms with Crippen LogP contribution in [0.4, 0.5) is 11.4 Å². The topological polar surface area (TPSA) is 238 Å². The molecule has 2 N–H and O–H groups in total. The van der Waals surface area contributed by atoms with Gasteiger partial charge in [0.25, 0.3) is 11.8 Å². The van der Waals surface area contributed by atoms with E-state index in [0.29, 0.717) is 71.4 Å². The molecule has 0 atom stereocenters. The number of anilines is 2. The van der Waals surface area contributed by atoms with Crippen molar-refractivity contribution in [1.29, 1.82) is 15.8 Å². The molecule has 2 heterocycles. The largest absolute Gasteiger partial charge is 0.339 e. The van der Waals surface area contributed by atoms with E-state index in [-0.39, 0.29) is 34.5 Å². The molecule has 2 aliphatic heterocycles. The average molecular weight is 960 g/mol. The predicted octanol–water partition coefficient (Wildman–Crippen LogP) is 7.02. The minimum Gasteiger partial charge on any atom is -0.339 e. The number of rotatable bonds is 12. The predicted molar refractivity (Wildman–Crippen MR) is 255 cm³/mol. The molecule has 346 valence electrons. The lowest BCUT2D eigenvalue weighted by Crippen LogP contribution is -2.38. The maximum atomic E-state index is 13.2. The highest BCUT2D eigenvalue weighted by Crippen LogP contribution is 2.31. The van der Waals surface area contributed by atoms with Crippen molar-refractivity contribution >= 4 is 53.1 Å². The number of carbonyl (C=O) groups is 2. The molecule has 7 rings (SSSR count). The van der Waals surface area contributed by atoms with Crippen LogP contribution in [0.25, 0.3) is 0 Å². The smallest absolute Gasteiger partial charge is 0.253 e. The van der Waals surface area contributed by atoms with E-state index in [1.807, 2.05) is 42.5 Å². The first-order chi connectivity index (χ1) is 31.9. The fourth-order valence-electron chi connectivity index (χ4n) is 8.06. The summed E-state index contributed by atoms with van der Waals surface area (Å²) in [5.74, 6) is -0.0147. The fraction of sp³-hybridized carbons (Fsp3) is 0.286. The molecule has 18 heteroatoms. The number of likely N-dealkylation sites (tertiary alicyclic amines) is 2. The van der Waals surface area contributed by atoms with E-state index in [1.54, 1.807) is 77.4 Å². The van der Waals surface area contributed by atoms with Crippen LogP contribution in [0.15, 0.2) is 115 Å². The van der Waals surface area contributed by atoms with E-state index in [1.165, 1.54) is 18.2 Å². The number of sulfonamides is 2. The molecule has 0 saturated carbocycles. The third kappa shape index (κ3) is 13.7. The number of nitrogens with one attached hydrogen (secondary N) is 2. The Morgan fingerprint density at radius 2 is 1.03 bits per heavy atom. The Morgan fingerprint density at radius 3 is 1.48 bits per heavy atom. The van der Waals surface area contributed by atoms with Crippen molar-refractivity contribution in [3.8, 4) is 18.2 Å². The molecule has 0 spiro atoms. The second kappa shape index (κ2) is 21.5. The van der Waals surface area contributed by atoms with Crippen molar-refractivity contribution in [1.82, 2.24) is 9.80 Å². The molecule has 2 saturated heterocycles. The van der Waals surface area contributed by atoms with Gasteiger partial charge in [0.05, 0.1) is 46.0 Å². The molecular formula is C49H49N7O8S3. The van der Waals surface area contributed by atoms with Gasteiger partial charge in [-0.1, -0.05) is 60.7 Å². The first kappa shape index (κ1) is 49.4. The van der Waals surface area contributed by atoms with Crippen LogP contribution < -0.4 is 9.44 Å². The van der Waals surface area contributed by atoms with E-state index in [4.69, 9.17) is 10.5 Å². The molecule has 0 aliphatic carbocycles. The average Bonchev–Trinajstić information content (AvgIpc) is 3.31. The fourth-order valence-corrected chi connectivity index (χ4v) is 12.3. The highest BCUT2D eigenvalue weighted by molar-refractivity contribution is 8.08. The molecule has 2 aliphatic rings. The normalized spacial score (nSPS) is 14.6. The van der Waals surface area contributed by atoms with Gasteiger partial charge < -0.3 is 9.80 Å². The van der Waals surface area contributed by atoms with Gasteiger partial charge >= 0.3 is 0 Å². The minimum atomic E-state index is -4.11. The number of aryl methyl sites for hydroxylation is 1. The van der Waals surface area contributed by atoms with Gasteiger partial charge in [-0.3, -0.25) is 19.0 Å². The number of hydrogen-bond donors (Lipinski definition) is 2. The van der Waals surface area contributed by atoms with E-state index < -0.39 is 35.0 Å². The molecule has 2 amide bonds. The van der Waals surface area contributed by atoms with Crippen LogP contribution >= 0.6 is 0 Å². The van der Waals surface area contributed by atoms with Gasteiger partial charge in [-0.2, -0.15) is 15.8 Å². The summed E-state index contributed by atoms with van der Waals surface area (Å²) in [6, 6.07) is 39.2. The maximum absolute atomic E-state index is 13.2. The molecular weight excluding hydrogens is 911 g/mol. The zero-order chi connectivity index (χ0) is 48.4. The minimum absolute atomic E-state index is 0.0988. The maximum Gasteiger partial charge on any atom is 0.253 e. The SMILES string of the molecule is Cc1ccc(C(=O)N2CCC(c3ccc(C#N)cc3)CC2)cc1NS(=O)(=O)CS(C)(=O)=O.N#Cc1ccc(C2CCN(C(=O)c3ccc(C#N)c(NS(=O)(=O)Cc4ccccc4)c3)CC2)cc1. The second-order valence-corrected chi connectivity index (χ2v) is 22.6. The number of amides is 2. The molecule has 67 heavy (non-hydrogen) atoms. The zero-order valence-electron chi connectivity index (χ0n) is 36.9. The monoisotopic (exact) mass is 959 g/mol. The summed E-state index contributed by atoms with van der Waals surface area (Å²) < 4.78 is 77.2. The van der Waals surface area contributed by atoms with Gasteiger partial charge in [0.15, 0.2) is 14.9 Å². The van der Waals surface area contributed by atoms with Gasteiger partial charge in [0, 0.05) is 43.6 Å². The Hall–Kier alpha value is -7.04. The van der Waals surface area contributed by atoms with Gasteiger partial charge in [0.2, 0.25) is 20.0 Å². The number of sulfone groups is 1. The Morgan fingerprint density at radius 1 is 0.582 bits per heavy atom. The van der Waals surface area contributed by atoms with Crippen LogP contribution in [0.3, 0.4) is 0 Å². The number of hydrogen-bond acceptors (Lipinski definition) is 11. The van der Waals surface area contributed by atoms with E-state index in [0.717, 1.165) is 43.1 Å². The summed E-state index contributed by atoms with van der Waals surface area (Å²) in [6.07, 6.45) is 4.02. The number of carbonyl (C=O) groups excluding carboxylic acids is 2. The molecule has 15 nitrogen and oxygen atoms in total. The van der Waals surface area contributed by atoms with Gasteiger partial charge in [-0.25, -0.2) is 25.3 Å². The van der Waals surface area contributed by atoms with Crippen molar-refractivity contribution in [3.05, 3.63) is 165 Å². The van der Waals surface area contributed by atoms with E-state index >= 15 is 0 Å². The van der Waals surface area contributed by atoms with Crippen molar-refractivity contribution in [2.24, 2.45) is 0 Å². The van der Waals surface area contributed by atoms with Crippen molar-refractivity contribution in [2.45, 2.75) is 50.2 Å². The molecule has 0 unspecified atom stereocenters. The van der Waals surface area contributed by atoms with E-state index in [9.17, 15) is 40.1 Å². The molecule has 0 bridgehead atoms. The van der Waals surface area contributed by atoms with Crippen LogP contribution in [0.2, 0.25) is 0 Å². The molecule has 2 fully saturated rings. The quantitative estimate of drug-likeness (QED) is 0.129. The summed E-state index contributed by atoms with van der Waals surface area (Å²) in [5, 5.41) is 26.3. The Labute approximate surface area is 392 Å². The van der Waals surface area contributed by atoms with E-state index in [2.05, 4.69) is 21.6 Å². The van der Waals surface area contributed by atoms with Crippen LogP contribution in [0.5, 0.6) is 0 Å². The van der Waals surface area contributed by atoms with Crippen LogP contribution in [0.1, 0.15) is 97.2 Å². The molecule has 5 aromatic carbocycles. The number of nitrogens with zero attached hydrogens (tertiary/aromatic N) is 5. The van der Waals surface area contributed by atoms with Gasteiger partial charge in [0.1, 0.15) is 6.07 Å². The van der Waals surface area contributed by atoms with Gasteiger partial charge in [-0.05, 0) is 121 Å². The Balaban J connectivity index is 0.000000222. The summed E-state index contributed by atoms with van der Waals surface area (Å²) in [7, 11) is -11.6. The standard InChI is InChI=1S/C27H24N4O3S.C22H25N3O5S2/c28-17-20-6-8-22(9-7-20)23-12-14-31(15-13-23)27(32)24-10-11-25(18-29)26(16-24)30-35(33,34)19-21-4-2-1-3-5-21;1-16-3-6-20(13-21(16)24-32(29,30)15-31(2,27)28)22(26)25-11-9-19(10-12-25)18-7-4-17(14-23)5-8-18/h1-11,16,23,30H,12-15,19H2;3-8,13,19,24H,9-12,15H2,1-2H3. The summed E-state index contributed by atoms with van der Waals surface area (Å²) in [6.45, 7) is 3.94. The first-order valence-corrected chi connectivity index (χ1v) is 26.7. The zero-order valence-corrected chi connectivity index (χ0v) is 39.4. The lowest BCUT2D eigenvalue weighted by atomic mass is 9.89. The highest BCUT2D eigenvalue weighted by atomic mass is 32.3. The lowest BCUT2D eigenvalue weighted by molar-refractivity contribution is 0.0705. The van der Waals surface area contributed by atoms with Crippen molar-refractivity contribution in [2.75, 3.05) is 47.0 Å². The van der Waals surface area contributed by atoms with Gasteiger partial charge in [-0.15, -0.1) is 0 Å². The third-order valence-corrected chi connectivity index (χ3v) is 16.3. The molecule has 5 aromatic rings. The lowest BCUT2D eigenvalue weighted by Gasteiger charge is -2.32. The number of piperidine rings is 2. The highest BCUT2D eigenvalue weighted by Gasteiger charge is 2.28. The summed E-state index contributed by atoms with van der Waals surface area (Å²) in [4.78, 5) is 29.7. The van der Waals surface area contributed by atoms with Crippen LogP contribution in [0, 0.1) is 40.9 Å². The molecule has 0 aromatic heterocycles. The first-order valence-electron chi connectivity index (χ1n) is 21.3. The summed E-state index contributed by atoms with van der Waals surface area (Å²) in [5.41, 5.74) is 5.85.